The van der Waals surface area contributed by atoms with Crippen LogP contribution < -0.4 is 0 Å². The van der Waals surface area contributed by atoms with Crippen molar-refractivity contribution in [1.82, 2.24) is 9.55 Å². The molecule has 0 aromatic carbocycles. The predicted octanol–water partition coefficient (Wildman–Crippen LogP) is 2.54. The van der Waals surface area contributed by atoms with E-state index in [1.807, 2.05) is 12.4 Å². The molecule has 0 N–H and O–H groups in total. The molecule has 0 aliphatic rings. The fraction of sp³-hybridized carbons (Fsp3) is 0.667. The average molecular weight is 193 g/mol. The Morgan fingerprint density at radius 2 is 2.50 bits per heavy atom. The SMILES string of the molecule is CCCc1nccn1CCCN=[N+]=[N-]. The van der Waals surface area contributed by atoms with Gasteiger partial charge in [-0.05, 0) is 18.4 Å². The minimum absolute atomic E-state index is 0.556. The van der Waals surface area contributed by atoms with Gasteiger partial charge in [0, 0.05) is 36.8 Å². The molecular formula is C9H15N5. The summed E-state index contributed by atoms with van der Waals surface area (Å²) in [4.78, 5) is 6.98. The Hall–Kier alpha value is -1.48. The Balaban J connectivity index is 2.41. The Labute approximate surface area is 83.4 Å². The maximum Gasteiger partial charge on any atom is 0.108 e. The van der Waals surface area contributed by atoms with Crippen LogP contribution in [0.3, 0.4) is 0 Å². The number of aryl methyl sites for hydroxylation is 2. The van der Waals surface area contributed by atoms with Crippen LogP contribution in [0, 0.1) is 0 Å². The standard InChI is InChI=1S/C9H15N5/c1-2-4-9-11-6-8-14(9)7-3-5-12-13-10/h6,8H,2-5,7H2,1H3. The lowest BCUT2D eigenvalue weighted by molar-refractivity contribution is 0.611. The molecule has 5 nitrogen and oxygen atoms in total. The number of aromatic nitrogens is 2. The molecule has 0 saturated carbocycles. The van der Waals surface area contributed by atoms with Gasteiger partial charge in [-0.2, -0.15) is 0 Å². The fourth-order valence-electron chi connectivity index (χ4n) is 1.35. The second-order valence-corrected chi connectivity index (χ2v) is 3.09. The summed E-state index contributed by atoms with van der Waals surface area (Å²) in [6, 6.07) is 0. The van der Waals surface area contributed by atoms with Gasteiger partial charge in [0.2, 0.25) is 0 Å². The second-order valence-electron chi connectivity index (χ2n) is 3.09. The minimum Gasteiger partial charge on any atom is -0.335 e. The van der Waals surface area contributed by atoms with Crippen LogP contribution in [0.4, 0.5) is 0 Å². The molecular weight excluding hydrogens is 178 g/mol. The summed E-state index contributed by atoms with van der Waals surface area (Å²) in [5, 5.41) is 3.49. The number of imidazole rings is 1. The molecule has 0 unspecified atom stereocenters. The van der Waals surface area contributed by atoms with Gasteiger partial charge >= 0.3 is 0 Å². The average Bonchev–Trinajstić information content (AvgIpc) is 2.61. The van der Waals surface area contributed by atoms with Gasteiger partial charge in [0.25, 0.3) is 0 Å². The molecule has 1 aromatic heterocycles. The smallest absolute Gasteiger partial charge is 0.108 e. The number of hydrogen-bond acceptors (Lipinski definition) is 2. The van der Waals surface area contributed by atoms with Gasteiger partial charge in [-0.1, -0.05) is 12.0 Å². The maximum absolute atomic E-state index is 8.10. The molecule has 0 fully saturated rings. The zero-order chi connectivity index (χ0) is 10.2. The quantitative estimate of drug-likeness (QED) is 0.296. The molecule has 76 valence electrons. The van der Waals surface area contributed by atoms with Gasteiger partial charge in [0.05, 0.1) is 0 Å². The molecule has 1 aromatic rings. The van der Waals surface area contributed by atoms with Crippen LogP contribution in [0.5, 0.6) is 0 Å². The van der Waals surface area contributed by atoms with E-state index in [2.05, 4.69) is 26.5 Å². The summed E-state index contributed by atoms with van der Waals surface area (Å²) in [7, 11) is 0. The molecule has 14 heavy (non-hydrogen) atoms. The van der Waals surface area contributed by atoms with Crippen molar-refractivity contribution < 1.29 is 0 Å². The topological polar surface area (TPSA) is 66.6 Å². The van der Waals surface area contributed by atoms with Crippen LogP contribution in [-0.4, -0.2) is 16.1 Å². The van der Waals surface area contributed by atoms with E-state index in [4.69, 9.17) is 5.53 Å². The van der Waals surface area contributed by atoms with Crippen LogP contribution in [0.15, 0.2) is 17.5 Å². The minimum atomic E-state index is 0.556. The fourth-order valence-corrected chi connectivity index (χ4v) is 1.35. The van der Waals surface area contributed by atoms with Crippen LogP contribution in [0.25, 0.3) is 10.4 Å². The normalized spacial score (nSPS) is 9.79. The lowest BCUT2D eigenvalue weighted by Gasteiger charge is -2.04. The van der Waals surface area contributed by atoms with E-state index in [1.165, 1.54) is 0 Å². The van der Waals surface area contributed by atoms with Crippen LogP contribution in [0.2, 0.25) is 0 Å². The van der Waals surface area contributed by atoms with Gasteiger partial charge in [-0.25, -0.2) is 4.98 Å². The molecule has 0 spiro atoms. The largest absolute Gasteiger partial charge is 0.335 e. The number of rotatable bonds is 6. The molecule has 5 heteroatoms. The maximum atomic E-state index is 8.10. The monoisotopic (exact) mass is 193 g/mol. The summed E-state index contributed by atoms with van der Waals surface area (Å²) in [6.07, 6.45) is 6.78. The van der Waals surface area contributed by atoms with Crippen molar-refractivity contribution in [3.8, 4) is 0 Å². The molecule has 0 aliphatic carbocycles. The predicted molar refractivity (Wildman–Crippen MR) is 54.9 cm³/mol. The Kier molecular flexibility index (Phi) is 4.58. The first-order chi connectivity index (χ1) is 6.88. The summed E-state index contributed by atoms with van der Waals surface area (Å²) in [5.41, 5.74) is 8.10. The molecule has 0 aliphatic heterocycles. The third kappa shape index (κ3) is 3.11. The highest BCUT2D eigenvalue weighted by Crippen LogP contribution is 2.02. The van der Waals surface area contributed by atoms with E-state index in [0.717, 1.165) is 31.6 Å². The van der Waals surface area contributed by atoms with Crippen molar-refractivity contribution in [1.29, 1.82) is 0 Å². The van der Waals surface area contributed by atoms with E-state index in [-0.39, 0.29) is 0 Å². The summed E-state index contributed by atoms with van der Waals surface area (Å²) < 4.78 is 2.12. The molecule has 1 rings (SSSR count). The van der Waals surface area contributed by atoms with Crippen molar-refractivity contribution in [2.75, 3.05) is 6.54 Å². The van der Waals surface area contributed by atoms with E-state index in [9.17, 15) is 0 Å². The summed E-state index contributed by atoms with van der Waals surface area (Å²) >= 11 is 0. The van der Waals surface area contributed by atoms with Crippen molar-refractivity contribution >= 4 is 0 Å². The number of azide groups is 1. The zero-order valence-electron chi connectivity index (χ0n) is 8.43. The first kappa shape index (κ1) is 10.6. The van der Waals surface area contributed by atoms with Gasteiger partial charge in [-0.3, -0.25) is 0 Å². The van der Waals surface area contributed by atoms with Gasteiger partial charge in [-0.15, -0.1) is 0 Å². The molecule has 0 amide bonds. The van der Waals surface area contributed by atoms with Crippen LogP contribution >= 0.6 is 0 Å². The first-order valence-corrected chi connectivity index (χ1v) is 4.89. The molecule has 0 atom stereocenters. The third-order valence-corrected chi connectivity index (χ3v) is 2.00. The number of nitrogens with zero attached hydrogens (tertiary/aromatic N) is 5. The van der Waals surface area contributed by atoms with E-state index in [0.29, 0.717) is 6.54 Å². The highest BCUT2D eigenvalue weighted by atomic mass is 15.1. The highest BCUT2D eigenvalue weighted by Gasteiger charge is 1.99. The van der Waals surface area contributed by atoms with Crippen molar-refractivity contribution in [3.63, 3.8) is 0 Å². The molecule has 1 heterocycles. The molecule has 0 bridgehead atoms. The van der Waals surface area contributed by atoms with Crippen LogP contribution in [0.1, 0.15) is 25.6 Å². The third-order valence-electron chi connectivity index (χ3n) is 2.00. The highest BCUT2D eigenvalue weighted by molar-refractivity contribution is 4.92. The van der Waals surface area contributed by atoms with Crippen LogP contribution in [-0.2, 0) is 13.0 Å². The van der Waals surface area contributed by atoms with E-state index in [1.54, 1.807) is 0 Å². The van der Waals surface area contributed by atoms with Gasteiger partial charge in [0.1, 0.15) is 5.82 Å². The van der Waals surface area contributed by atoms with E-state index >= 15 is 0 Å². The van der Waals surface area contributed by atoms with Crippen molar-refractivity contribution in [2.45, 2.75) is 32.7 Å². The summed E-state index contributed by atoms with van der Waals surface area (Å²) in [5.74, 6) is 1.12. The van der Waals surface area contributed by atoms with Gasteiger partial charge < -0.3 is 4.57 Å². The van der Waals surface area contributed by atoms with Crippen molar-refractivity contribution in [3.05, 3.63) is 28.7 Å². The Bertz CT molecular complexity index is 311. The Morgan fingerprint density at radius 3 is 3.21 bits per heavy atom. The zero-order valence-corrected chi connectivity index (χ0v) is 8.43. The van der Waals surface area contributed by atoms with Crippen molar-refractivity contribution in [2.24, 2.45) is 5.11 Å². The lowest BCUT2D eigenvalue weighted by atomic mass is 10.3. The Morgan fingerprint density at radius 1 is 1.64 bits per heavy atom. The summed E-state index contributed by atoms with van der Waals surface area (Å²) in [6.45, 7) is 3.58. The van der Waals surface area contributed by atoms with E-state index < -0.39 is 0 Å². The number of hydrogen-bond donors (Lipinski definition) is 0. The lowest BCUT2D eigenvalue weighted by Crippen LogP contribution is -2.03. The molecule has 0 radical (unpaired) electrons. The first-order valence-electron chi connectivity index (χ1n) is 4.89. The van der Waals surface area contributed by atoms with Gasteiger partial charge in [0.15, 0.2) is 0 Å². The molecule has 0 saturated heterocycles. The second kappa shape index (κ2) is 6.05.